The van der Waals surface area contributed by atoms with Crippen molar-refractivity contribution < 1.29 is 19.9 Å². The summed E-state index contributed by atoms with van der Waals surface area (Å²) in [5.41, 5.74) is 1.65. The molecule has 0 aliphatic heterocycles. The van der Waals surface area contributed by atoms with Crippen LogP contribution in [0.4, 0.5) is 0 Å². The van der Waals surface area contributed by atoms with Crippen LogP contribution in [0.2, 0.25) is 0 Å². The number of hydrogen-bond acceptors (Lipinski definition) is 3. The minimum atomic E-state index is -1.69. The number of carboxylic acid groups (broad SMARTS) is 1. The van der Waals surface area contributed by atoms with Crippen LogP contribution in [0.3, 0.4) is 0 Å². The molecule has 0 unspecified atom stereocenters. The minimum Gasteiger partial charge on any atom is -0.478 e. The summed E-state index contributed by atoms with van der Waals surface area (Å²) in [4.78, 5) is 11.0. The molecule has 0 bridgehead atoms. The number of benzene rings is 2. The van der Waals surface area contributed by atoms with E-state index in [1.54, 1.807) is 6.07 Å². The molecule has 90 valence electrons. The molecule has 2 rings (SSSR count). The third kappa shape index (κ3) is 2.59. The highest BCUT2D eigenvalue weighted by atomic mass is 16.4. The minimum absolute atomic E-state index is 0.0273. The van der Waals surface area contributed by atoms with Gasteiger partial charge in [-0.3, -0.25) is 0 Å². The summed E-state index contributed by atoms with van der Waals surface area (Å²) in [5.74, 6) is -1.10. The Hall–Kier alpha value is -2.11. The van der Waals surface area contributed by atoms with E-state index in [0.717, 1.165) is 5.56 Å². The predicted octanol–water partition coefficient (Wildman–Crippen LogP) is 0.732. The molecular formula is C13H11BO4. The van der Waals surface area contributed by atoms with Gasteiger partial charge < -0.3 is 15.2 Å². The lowest BCUT2D eigenvalue weighted by Gasteiger charge is -2.07. The van der Waals surface area contributed by atoms with E-state index in [2.05, 4.69) is 0 Å². The molecule has 0 aromatic heterocycles. The molecule has 0 radical (unpaired) electrons. The lowest BCUT2D eigenvalue weighted by atomic mass is 9.78. The molecule has 0 spiro atoms. The van der Waals surface area contributed by atoms with Crippen LogP contribution in [-0.2, 0) is 0 Å². The second kappa shape index (κ2) is 5.04. The van der Waals surface area contributed by atoms with Crippen LogP contribution in [0.15, 0.2) is 48.5 Å². The highest BCUT2D eigenvalue weighted by Crippen LogP contribution is 2.19. The largest absolute Gasteiger partial charge is 0.488 e. The van der Waals surface area contributed by atoms with Gasteiger partial charge in [-0.25, -0.2) is 4.79 Å². The molecule has 0 saturated heterocycles. The standard InChI is InChI=1S/C13H11BO4/c15-13(16)11-6-10(7-12(8-11)14(17)18)9-4-2-1-3-5-9/h1-8,17-18H,(H,15,16). The van der Waals surface area contributed by atoms with Crippen molar-refractivity contribution >= 4 is 18.6 Å². The van der Waals surface area contributed by atoms with E-state index in [1.165, 1.54) is 12.1 Å². The van der Waals surface area contributed by atoms with Gasteiger partial charge in [0, 0.05) is 0 Å². The van der Waals surface area contributed by atoms with Crippen molar-refractivity contribution in [2.75, 3.05) is 0 Å². The van der Waals surface area contributed by atoms with Gasteiger partial charge in [0.2, 0.25) is 0 Å². The lowest BCUT2D eigenvalue weighted by molar-refractivity contribution is 0.0697. The zero-order chi connectivity index (χ0) is 13.1. The van der Waals surface area contributed by atoms with Crippen LogP contribution < -0.4 is 5.46 Å². The first-order valence-corrected chi connectivity index (χ1v) is 5.38. The number of carbonyl (C=O) groups is 1. The summed E-state index contributed by atoms with van der Waals surface area (Å²) >= 11 is 0. The van der Waals surface area contributed by atoms with E-state index >= 15 is 0 Å². The van der Waals surface area contributed by atoms with Crippen LogP contribution in [0.25, 0.3) is 11.1 Å². The topological polar surface area (TPSA) is 77.8 Å². The molecule has 18 heavy (non-hydrogen) atoms. The molecular weight excluding hydrogens is 231 g/mol. The van der Waals surface area contributed by atoms with Crippen molar-refractivity contribution in [1.29, 1.82) is 0 Å². The van der Waals surface area contributed by atoms with Gasteiger partial charge in [0.1, 0.15) is 0 Å². The Kier molecular flexibility index (Phi) is 3.46. The van der Waals surface area contributed by atoms with Crippen LogP contribution in [0.5, 0.6) is 0 Å². The Balaban J connectivity index is 2.57. The molecule has 0 heterocycles. The highest BCUT2D eigenvalue weighted by Gasteiger charge is 2.16. The van der Waals surface area contributed by atoms with Crippen LogP contribution >= 0.6 is 0 Å². The number of carboxylic acids is 1. The number of rotatable bonds is 3. The van der Waals surface area contributed by atoms with E-state index < -0.39 is 13.1 Å². The first kappa shape index (κ1) is 12.4. The van der Waals surface area contributed by atoms with E-state index in [1.807, 2.05) is 30.3 Å². The molecule has 0 atom stereocenters. The van der Waals surface area contributed by atoms with Crippen molar-refractivity contribution in [1.82, 2.24) is 0 Å². The van der Waals surface area contributed by atoms with Gasteiger partial charge in [-0.15, -0.1) is 0 Å². The van der Waals surface area contributed by atoms with Crippen molar-refractivity contribution in [2.24, 2.45) is 0 Å². The third-order valence-electron chi connectivity index (χ3n) is 2.61. The SMILES string of the molecule is O=C(O)c1cc(B(O)O)cc(-c2ccccc2)c1. The van der Waals surface area contributed by atoms with E-state index in [0.29, 0.717) is 5.56 Å². The summed E-state index contributed by atoms with van der Waals surface area (Å²) < 4.78 is 0. The van der Waals surface area contributed by atoms with E-state index in [4.69, 9.17) is 15.2 Å². The maximum absolute atomic E-state index is 11.0. The van der Waals surface area contributed by atoms with Crippen LogP contribution in [-0.4, -0.2) is 28.2 Å². The normalized spacial score (nSPS) is 10.1. The third-order valence-corrected chi connectivity index (χ3v) is 2.61. The van der Waals surface area contributed by atoms with Gasteiger partial charge in [-0.2, -0.15) is 0 Å². The summed E-state index contributed by atoms with van der Waals surface area (Å²) in [5, 5.41) is 27.3. The van der Waals surface area contributed by atoms with Crippen molar-refractivity contribution in [3.63, 3.8) is 0 Å². The Labute approximate surface area is 104 Å². The average molecular weight is 242 g/mol. The van der Waals surface area contributed by atoms with Gasteiger partial charge in [0.15, 0.2) is 0 Å². The zero-order valence-electron chi connectivity index (χ0n) is 9.45. The molecule has 0 fully saturated rings. The highest BCUT2D eigenvalue weighted by molar-refractivity contribution is 6.58. The molecule has 2 aromatic rings. The Morgan fingerprint density at radius 3 is 2.17 bits per heavy atom. The maximum atomic E-state index is 11.0. The second-order valence-corrected chi connectivity index (χ2v) is 3.89. The molecule has 0 amide bonds. The second-order valence-electron chi connectivity index (χ2n) is 3.89. The van der Waals surface area contributed by atoms with Crippen LogP contribution in [0, 0.1) is 0 Å². The Morgan fingerprint density at radius 2 is 1.61 bits per heavy atom. The molecule has 2 aromatic carbocycles. The Bertz CT molecular complexity index is 566. The maximum Gasteiger partial charge on any atom is 0.488 e. The fraction of sp³-hybridized carbons (Fsp3) is 0. The van der Waals surface area contributed by atoms with Crippen molar-refractivity contribution in [3.8, 4) is 11.1 Å². The van der Waals surface area contributed by atoms with Crippen molar-refractivity contribution in [3.05, 3.63) is 54.1 Å². The van der Waals surface area contributed by atoms with E-state index in [-0.39, 0.29) is 11.0 Å². The summed E-state index contributed by atoms with van der Waals surface area (Å²) in [6, 6.07) is 13.5. The first-order valence-electron chi connectivity index (χ1n) is 5.38. The number of aromatic carboxylic acids is 1. The van der Waals surface area contributed by atoms with E-state index in [9.17, 15) is 4.79 Å². The van der Waals surface area contributed by atoms with Gasteiger partial charge in [-0.05, 0) is 28.7 Å². The molecule has 3 N–H and O–H groups in total. The van der Waals surface area contributed by atoms with Gasteiger partial charge in [0.05, 0.1) is 5.56 Å². The molecule has 0 aliphatic carbocycles. The fourth-order valence-corrected chi connectivity index (χ4v) is 1.72. The lowest BCUT2D eigenvalue weighted by Crippen LogP contribution is -2.30. The molecule has 5 heteroatoms. The van der Waals surface area contributed by atoms with Crippen molar-refractivity contribution in [2.45, 2.75) is 0 Å². The van der Waals surface area contributed by atoms with Crippen LogP contribution in [0.1, 0.15) is 10.4 Å². The molecule has 4 nitrogen and oxygen atoms in total. The van der Waals surface area contributed by atoms with Gasteiger partial charge in [0.25, 0.3) is 0 Å². The summed E-state index contributed by atoms with van der Waals surface area (Å²) in [6.45, 7) is 0. The molecule has 0 saturated carbocycles. The number of hydrogen-bond donors (Lipinski definition) is 3. The monoisotopic (exact) mass is 242 g/mol. The molecule has 0 aliphatic rings. The fourth-order valence-electron chi connectivity index (χ4n) is 1.72. The zero-order valence-corrected chi connectivity index (χ0v) is 9.45. The average Bonchev–Trinajstić information content (AvgIpc) is 2.39. The summed E-state index contributed by atoms with van der Waals surface area (Å²) in [6.07, 6.45) is 0. The first-order chi connectivity index (χ1) is 8.58. The Morgan fingerprint density at radius 1 is 0.944 bits per heavy atom. The smallest absolute Gasteiger partial charge is 0.478 e. The summed E-state index contributed by atoms with van der Waals surface area (Å²) in [7, 11) is -1.69. The quantitative estimate of drug-likeness (QED) is 0.693. The van der Waals surface area contributed by atoms with Gasteiger partial charge in [-0.1, -0.05) is 36.4 Å². The predicted molar refractivity (Wildman–Crippen MR) is 68.7 cm³/mol. The van der Waals surface area contributed by atoms with Gasteiger partial charge >= 0.3 is 13.1 Å².